The fraction of sp³-hybridized carbons (Fsp3) is 0.438. The molecule has 0 aliphatic carbocycles. The number of hydrogen-bond donors (Lipinski definition) is 0. The Bertz CT molecular complexity index is 1130. The van der Waals surface area contributed by atoms with Crippen molar-refractivity contribution in [2.45, 2.75) is 81.1 Å². The van der Waals surface area contributed by atoms with Crippen molar-refractivity contribution in [2.24, 2.45) is 9.98 Å². The molecule has 0 saturated carbocycles. The molecule has 0 atom stereocenters. The molecule has 37 heavy (non-hydrogen) atoms. The predicted octanol–water partition coefficient (Wildman–Crippen LogP) is 9.46. The van der Waals surface area contributed by atoms with Gasteiger partial charge in [-0.15, -0.1) is 11.3 Å². The van der Waals surface area contributed by atoms with Gasteiger partial charge in [0.25, 0.3) is 0 Å². The Morgan fingerprint density at radius 2 is 0.973 bits per heavy atom. The van der Waals surface area contributed by atoms with E-state index in [-0.39, 0.29) is 0 Å². The SMILES string of the molecule is CCCCOc1c(C=Nc2c(C)cc(C)cc2C)sc(C=Nc2c(C)cc(C)cc2C)c1OCCCC. The summed E-state index contributed by atoms with van der Waals surface area (Å²) in [6.45, 7) is 18.3. The van der Waals surface area contributed by atoms with Crippen LogP contribution in [-0.2, 0) is 0 Å². The summed E-state index contributed by atoms with van der Waals surface area (Å²) in [7, 11) is 0. The van der Waals surface area contributed by atoms with Crippen LogP contribution in [0.3, 0.4) is 0 Å². The number of rotatable bonds is 12. The summed E-state index contributed by atoms with van der Waals surface area (Å²) in [4.78, 5) is 11.8. The van der Waals surface area contributed by atoms with Crippen LogP contribution in [0.4, 0.5) is 11.4 Å². The second kappa shape index (κ2) is 13.6. The van der Waals surface area contributed by atoms with E-state index >= 15 is 0 Å². The van der Waals surface area contributed by atoms with E-state index in [9.17, 15) is 0 Å². The Balaban J connectivity index is 2.08. The number of benzene rings is 2. The third-order valence-electron chi connectivity index (χ3n) is 6.25. The molecule has 0 bridgehead atoms. The van der Waals surface area contributed by atoms with Gasteiger partial charge in [-0.05, 0) is 76.6 Å². The van der Waals surface area contributed by atoms with Crippen LogP contribution >= 0.6 is 11.3 Å². The number of aliphatic imine (C=N–C) groups is 2. The second-order valence-electron chi connectivity index (χ2n) is 9.90. The third-order valence-corrected chi connectivity index (χ3v) is 7.28. The van der Waals surface area contributed by atoms with Gasteiger partial charge in [-0.25, -0.2) is 0 Å². The number of nitrogens with zero attached hydrogens (tertiary/aromatic N) is 2. The van der Waals surface area contributed by atoms with Crippen LogP contribution in [0, 0.1) is 41.5 Å². The average Bonchev–Trinajstić information content (AvgIpc) is 3.14. The molecular formula is C32H42N2O2S. The topological polar surface area (TPSA) is 43.2 Å². The second-order valence-corrected chi connectivity index (χ2v) is 11.0. The quantitative estimate of drug-likeness (QED) is 0.177. The normalized spacial score (nSPS) is 11.7. The van der Waals surface area contributed by atoms with E-state index in [0.717, 1.165) is 58.3 Å². The molecule has 0 amide bonds. The van der Waals surface area contributed by atoms with E-state index in [0.29, 0.717) is 13.2 Å². The summed E-state index contributed by atoms with van der Waals surface area (Å²) >= 11 is 1.62. The molecule has 1 aromatic heterocycles. The van der Waals surface area contributed by atoms with Crippen molar-refractivity contribution in [3.63, 3.8) is 0 Å². The van der Waals surface area contributed by atoms with Gasteiger partial charge in [0.2, 0.25) is 0 Å². The molecule has 0 aliphatic rings. The summed E-state index contributed by atoms with van der Waals surface area (Å²) in [6.07, 6.45) is 7.99. The Morgan fingerprint density at radius 1 is 0.622 bits per heavy atom. The molecule has 0 fully saturated rings. The molecule has 2 aromatic carbocycles. The standard InChI is InChI=1S/C32H42N2O2S/c1-9-11-13-35-31-27(19-33-29-23(5)15-21(3)16-24(29)6)37-28(32(31)36-14-12-10-2)20-34-30-25(7)17-22(4)18-26(30)8/h15-20H,9-14H2,1-8H3. The Labute approximate surface area is 227 Å². The van der Waals surface area contributed by atoms with Crippen LogP contribution in [0.25, 0.3) is 0 Å². The van der Waals surface area contributed by atoms with Crippen molar-refractivity contribution >= 4 is 35.1 Å². The molecule has 198 valence electrons. The Hall–Kier alpha value is -2.92. The number of aryl methyl sites for hydroxylation is 6. The fourth-order valence-electron chi connectivity index (χ4n) is 4.51. The lowest BCUT2D eigenvalue weighted by Gasteiger charge is -2.11. The molecule has 0 aliphatic heterocycles. The van der Waals surface area contributed by atoms with Gasteiger partial charge in [0.05, 0.1) is 34.3 Å². The minimum Gasteiger partial charge on any atom is -0.488 e. The molecule has 4 nitrogen and oxygen atoms in total. The van der Waals surface area contributed by atoms with Gasteiger partial charge in [0.15, 0.2) is 11.5 Å². The van der Waals surface area contributed by atoms with Crippen molar-refractivity contribution in [1.82, 2.24) is 0 Å². The molecular weight excluding hydrogens is 476 g/mol. The van der Waals surface area contributed by atoms with Crippen LogP contribution in [0.2, 0.25) is 0 Å². The monoisotopic (exact) mass is 518 g/mol. The predicted molar refractivity (Wildman–Crippen MR) is 161 cm³/mol. The Morgan fingerprint density at radius 3 is 1.30 bits per heavy atom. The Kier molecular flexibility index (Phi) is 10.5. The summed E-state index contributed by atoms with van der Waals surface area (Å²) in [6, 6.07) is 8.71. The average molecular weight is 519 g/mol. The highest BCUT2D eigenvalue weighted by Crippen LogP contribution is 2.42. The number of hydrogen-bond acceptors (Lipinski definition) is 5. The number of unbranched alkanes of at least 4 members (excludes halogenated alkanes) is 2. The first-order chi connectivity index (χ1) is 17.7. The van der Waals surface area contributed by atoms with E-state index in [1.807, 2.05) is 12.4 Å². The molecule has 0 saturated heterocycles. The lowest BCUT2D eigenvalue weighted by molar-refractivity contribution is 0.263. The molecule has 0 N–H and O–H groups in total. The fourth-order valence-corrected chi connectivity index (χ4v) is 5.45. The molecule has 3 rings (SSSR count). The molecule has 3 aromatic rings. The van der Waals surface area contributed by atoms with Gasteiger partial charge >= 0.3 is 0 Å². The zero-order valence-corrected chi connectivity index (χ0v) is 24.6. The maximum atomic E-state index is 6.34. The minimum atomic E-state index is 0.646. The van der Waals surface area contributed by atoms with Gasteiger partial charge in [-0.3, -0.25) is 9.98 Å². The highest BCUT2D eigenvalue weighted by atomic mass is 32.1. The van der Waals surface area contributed by atoms with E-state index in [1.54, 1.807) is 11.3 Å². The highest BCUT2D eigenvalue weighted by molar-refractivity contribution is 7.16. The maximum absolute atomic E-state index is 6.34. The maximum Gasteiger partial charge on any atom is 0.181 e. The van der Waals surface area contributed by atoms with E-state index in [2.05, 4.69) is 79.7 Å². The summed E-state index contributed by atoms with van der Waals surface area (Å²) in [5.74, 6) is 1.55. The summed E-state index contributed by atoms with van der Waals surface area (Å²) in [5.41, 5.74) is 9.20. The highest BCUT2D eigenvalue weighted by Gasteiger charge is 2.20. The van der Waals surface area contributed by atoms with Crippen molar-refractivity contribution in [3.05, 3.63) is 67.4 Å². The number of thiophene rings is 1. The van der Waals surface area contributed by atoms with Crippen LogP contribution in [0.1, 0.15) is 82.7 Å². The zero-order valence-electron chi connectivity index (χ0n) is 23.8. The van der Waals surface area contributed by atoms with E-state index in [4.69, 9.17) is 19.5 Å². The zero-order chi connectivity index (χ0) is 26.9. The van der Waals surface area contributed by atoms with Crippen molar-refractivity contribution in [3.8, 4) is 11.5 Å². The molecule has 5 heteroatoms. The molecule has 1 heterocycles. The lowest BCUT2D eigenvalue weighted by Crippen LogP contribution is -2.03. The van der Waals surface area contributed by atoms with Crippen LogP contribution in [0.5, 0.6) is 11.5 Å². The largest absolute Gasteiger partial charge is 0.488 e. The van der Waals surface area contributed by atoms with E-state index in [1.165, 1.54) is 33.4 Å². The van der Waals surface area contributed by atoms with Gasteiger partial charge in [-0.1, -0.05) is 62.1 Å². The first-order valence-electron chi connectivity index (χ1n) is 13.4. The molecule has 0 unspecified atom stereocenters. The van der Waals surface area contributed by atoms with Gasteiger partial charge in [-0.2, -0.15) is 0 Å². The van der Waals surface area contributed by atoms with Gasteiger partial charge in [0.1, 0.15) is 0 Å². The minimum absolute atomic E-state index is 0.646. The molecule has 0 radical (unpaired) electrons. The first kappa shape index (κ1) is 28.6. The van der Waals surface area contributed by atoms with Gasteiger partial charge in [0, 0.05) is 12.4 Å². The van der Waals surface area contributed by atoms with Gasteiger partial charge < -0.3 is 9.47 Å². The summed E-state index contributed by atoms with van der Waals surface area (Å²) < 4.78 is 12.7. The number of ether oxygens (including phenoxy) is 2. The summed E-state index contributed by atoms with van der Waals surface area (Å²) in [5, 5.41) is 0. The lowest BCUT2D eigenvalue weighted by atomic mass is 10.1. The van der Waals surface area contributed by atoms with Crippen molar-refractivity contribution < 1.29 is 9.47 Å². The van der Waals surface area contributed by atoms with Crippen molar-refractivity contribution in [2.75, 3.05) is 13.2 Å². The van der Waals surface area contributed by atoms with Crippen LogP contribution in [-0.4, -0.2) is 25.6 Å². The van der Waals surface area contributed by atoms with Crippen LogP contribution < -0.4 is 9.47 Å². The molecule has 0 spiro atoms. The van der Waals surface area contributed by atoms with Crippen molar-refractivity contribution in [1.29, 1.82) is 0 Å². The van der Waals surface area contributed by atoms with Crippen LogP contribution in [0.15, 0.2) is 34.3 Å². The third kappa shape index (κ3) is 7.54. The first-order valence-corrected chi connectivity index (χ1v) is 14.2. The van der Waals surface area contributed by atoms with E-state index < -0.39 is 0 Å². The smallest absolute Gasteiger partial charge is 0.181 e.